The maximum atomic E-state index is 14.7. The van der Waals surface area contributed by atoms with Gasteiger partial charge in [-0.15, -0.1) is 0 Å². The summed E-state index contributed by atoms with van der Waals surface area (Å²) in [5, 5.41) is 4.29. The number of pyridine rings is 1. The normalized spacial score (nSPS) is 11.9. The molecule has 3 aromatic carbocycles. The summed E-state index contributed by atoms with van der Waals surface area (Å²) in [4.78, 5) is 29.6. The van der Waals surface area contributed by atoms with Crippen LogP contribution in [0.1, 0.15) is 13.8 Å². The number of halogens is 3. The maximum absolute atomic E-state index is 14.7. The molecule has 0 bridgehead atoms. The Morgan fingerprint density at radius 2 is 1.68 bits per heavy atom. The molecule has 208 valence electrons. The van der Waals surface area contributed by atoms with Gasteiger partial charge in [-0.2, -0.15) is 0 Å². The Balaban J connectivity index is 1.74. The molecule has 0 aliphatic heterocycles. The highest BCUT2D eigenvalue weighted by Gasteiger charge is 2.25. The molecule has 0 aliphatic carbocycles. The van der Waals surface area contributed by atoms with Gasteiger partial charge in [0.05, 0.1) is 5.69 Å². The summed E-state index contributed by atoms with van der Waals surface area (Å²) >= 11 is 0. The van der Waals surface area contributed by atoms with Gasteiger partial charge in [0.1, 0.15) is 41.6 Å². The smallest absolute Gasteiger partial charge is 0.325 e. The number of nitrogens with one attached hydrogen (secondary N) is 1. The minimum Gasteiger partial charge on any atom is -0.463 e. The van der Waals surface area contributed by atoms with Crippen LogP contribution in [0.2, 0.25) is 0 Å². The number of nitrogens with zero attached hydrogens (tertiary/aromatic N) is 2. The van der Waals surface area contributed by atoms with Crippen LogP contribution in [0.3, 0.4) is 0 Å². The number of amides is 2. The largest absolute Gasteiger partial charge is 0.463 e. The van der Waals surface area contributed by atoms with Gasteiger partial charge in [-0.3, -0.25) is 4.79 Å². The third kappa shape index (κ3) is 6.15. The number of primary amides is 1. The molecule has 1 atom stereocenters. The van der Waals surface area contributed by atoms with Crippen molar-refractivity contribution < 1.29 is 27.5 Å². The lowest BCUT2D eigenvalue weighted by molar-refractivity contribution is -0.145. The van der Waals surface area contributed by atoms with Crippen molar-refractivity contribution in [3.05, 3.63) is 84.2 Å². The summed E-state index contributed by atoms with van der Waals surface area (Å²) in [7, 11) is 0. The molecule has 11 heteroatoms. The Kier molecular flexibility index (Phi) is 8.54. The van der Waals surface area contributed by atoms with Crippen molar-refractivity contribution in [2.75, 3.05) is 23.4 Å². The maximum Gasteiger partial charge on any atom is 0.325 e. The van der Waals surface area contributed by atoms with Gasteiger partial charge in [0.15, 0.2) is 0 Å². The second kappa shape index (κ2) is 12.0. The molecule has 4 aromatic rings. The number of fused-ring (bicyclic) bond motifs is 1. The standard InChI is InChI=1S/C29H28F3N5O3/c1-16(2)25(33)28(38)40-13-12-35-20-10-11-21-18(14-20)15-24(36-26(21)17-6-8-19(30)9-7-17)37(29(34)39)27-22(31)4-3-5-23(27)32/h3-11,14-16,25,35H,12-13,33H2,1-2H3,(H2,34,39)/t25-/m0/s1. The molecule has 0 fully saturated rings. The van der Waals surface area contributed by atoms with E-state index >= 15 is 0 Å². The van der Waals surface area contributed by atoms with E-state index in [0.717, 1.165) is 18.2 Å². The molecule has 0 unspecified atom stereocenters. The van der Waals surface area contributed by atoms with E-state index in [-0.39, 0.29) is 24.9 Å². The van der Waals surface area contributed by atoms with E-state index in [2.05, 4.69) is 10.3 Å². The Morgan fingerprint density at radius 3 is 2.30 bits per heavy atom. The van der Waals surface area contributed by atoms with Crippen LogP contribution in [-0.4, -0.2) is 36.2 Å². The molecule has 0 radical (unpaired) electrons. The predicted molar refractivity (Wildman–Crippen MR) is 147 cm³/mol. The average Bonchev–Trinajstić information content (AvgIpc) is 2.92. The van der Waals surface area contributed by atoms with Crippen molar-refractivity contribution in [1.29, 1.82) is 0 Å². The fourth-order valence-electron chi connectivity index (χ4n) is 4.05. The number of esters is 1. The predicted octanol–water partition coefficient (Wildman–Crippen LogP) is 5.47. The van der Waals surface area contributed by atoms with Gasteiger partial charge in [0.2, 0.25) is 0 Å². The molecule has 8 nitrogen and oxygen atoms in total. The van der Waals surface area contributed by atoms with Crippen molar-refractivity contribution in [3.8, 4) is 11.3 Å². The first-order valence-corrected chi connectivity index (χ1v) is 12.5. The molecule has 5 N–H and O–H groups in total. The zero-order chi connectivity index (χ0) is 29.0. The van der Waals surface area contributed by atoms with Crippen LogP contribution in [0.25, 0.3) is 22.0 Å². The van der Waals surface area contributed by atoms with Crippen LogP contribution in [0.15, 0.2) is 66.7 Å². The number of hydrogen-bond acceptors (Lipinski definition) is 6. The number of nitrogens with two attached hydrogens (primary N) is 2. The second-order valence-electron chi connectivity index (χ2n) is 9.38. The first kappa shape index (κ1) is 28.4. The van der Waals surface area contributed by atoms with E-state index in [1.807, 2.05) is 13.8 Å². The number of urea groups is 1. The van der Waals surface area contributed by atoms with Gasteiger partial charge in [-0.05, 0) is 65.9 Å². The number of ether oxygens (including phenoxy) is 1. The van der Waals surface area contributed by atoms with Crippen LogP contribution in [0.5, 0.6) is 0 Å². The number of hydrogen-bond donors (Lipinski definition) is 3. The zero-order valence-corrected chi connectivity index (χ0v) is 21.8. The Morgan fingerprint density at radius 1 is 1.00 bits per heavy atom. The number of carbonyl (C=O) groups excluding carboxylic acids is 2. The number of rotatable bonds is 9. The summed E-state index contributed by atoms with van der Waals surface area (Å²) in [6.07, 6.45) is 0. The van der Waals surface area contributed by atoms with Crippen LogP contribution in [0, 0.1) is 23.4 Å². The molecule has 1 aromatic heterocycles. The van der Waals surface area contributed by atoms with E-state index in [0.29, 0.717) is 32.6 Å². The summed E-state index contributed by atoms with van der Waals surface area (Å²) in [6.45, 7) is 3.99. The number of aromatic nitrogens is 1. The molecule has 0 saturated heterocycles. The lowest BCUT2D eigenvalue weighted by Crippen LogP contribution is -2.37. The average molecular weight is 552 g/mol. The van der Waals surface area contributed by atoms with Crippen molar-refractivity contribution in [2.45, 2.75) is 19.9 Å². The van der Waals surface area contributed by atoms with E-state index in [4.69, 9.17) is 16.2 Å². The number of para-hydroxylation sites is 1. The van der Waals surface area contributed by atoms with E-state index in [9.17, 15) is 22.8 Å². The fourth-order valence-corrected chi connectivity index (χ4v) is 4.05. The molecular formula is C29H28F3N5O3. The van der Waals surface area contributed by atoms with Gasteiger partial charge >= 0.3 is 12.0 Å². The Labute approximate surface area is 228 Å². The van der Waals surface area contributed by atoms with E-state index in [1.165, 1.54) is 30.3 Å². The van der Waals surface area contributed by atoms with Gasteiger partial charge in [0.25, 0.3) is 0 Å². The monoisotopic (exact) mass is 551 g/mol. The molecule has 0 saturated carbocycles. The molecule has 40 heavy (non-hydrogen) atoms. The summed E-state index contributed by atoms with van der Waals surface area (Å²) in [6, 6.07) is 13.5. The lowest BCUT2D eigenvalue weighted by Gasteiger charge is -2.22. The molecular weight excluding hydrogens is 523 g/mol. The first-order chi connectivity index (χ1) is 19.1. The Hall–Kier alpha value is -4.64. The van der Waals surface area contributed by atoms with Crippen molar-refractivity contribution in [2.24, 2.45) is 17.4 Å². The van der Waals surface area contributed by atoms with Crippen molar-refractivity contribution in [1.82, 2.24) is 4.98 Å². The minimum atomic E-state index is -1.16. The highest BCUT2D eigenvalue weighted by molar-refractivity contribution is 6.03. The molecule has 4 rings (SSSR count). The first-order valence-electron chi connectivity index (χ1n) is 12.5. The highest BCUT2D eigenvalue weighted by atomic mass is 19.1. The van der Waals surface area contributed by atoms with Crippen LogP contribution >= 0.6 is 0 Å². The lowest BCUT2D eigenvalue weighted by atomic mass is 10.0. The number of anilines is 3. The van der Waals surface area contributed by atoms with Gasteiger partial charge in [0, 0.05) is 23.2 Å². The number of benzene rings is 3. The number of carbonyl (C=O) groups is 2. The molecule has 0 spiro atoms. The van der Waals surface area contributed by atoms with Crippen molar-refractivity contribution in [3.63, 3.8) is 0 Å². The summed E-state index contributed by atoms with van der Waals surface area (Å²) in [5.74, 6) is -3.17. The molecule has 1 heterocycles. The third-order valence-corrected chi connectivity index (χ3v) is 6.21. The van der Waals surface area contributed by atoms with Crippen LogP contribution in [0.4, 0.5) is 35.2 Å². The van der Waals surface area contributed by atoms with E-state index in [1.54, 1.807) is 18.2 Å². The van der Waals surface area contributed by atoms with E-state index < -0.39 is 41.2 Å². The topological polar surface area (TPSA) is 124 Å². The van der Waals surface area contributed by atoms with Gasteiger partial charge in [-0.1, -0.05) is 26.0 Å². The van der Waals surface area contributed by atoms with Gasteiger partial charge < -0.3 is 21.5 Å². The van der Waals surface area contributed by atoms with Gasteiger partial charge in [-0.25, -0.2) is 27.8 Å². The minimum absolute atomic E-state index is 0.0585. The molecule has 2 amide bonds. The molecule has 0 aliphatic rings. The zero-order valence-electron chi connectivity index (χ0n) is 21.8. The quantitative estimate of drug-likeness (QED) is 0.187. The third-order valence-electron chi connectivity index (χ3n) is 6.21. The Bertz CT molecular complexity index is 1530. The van der Waals surface area contributed by atoms with Crippen LogP contribution in [-0.2, 0) is 9.53 Å². The summed E-state index contributed by atoms with van der Waals surface area (Å²) < 4.78 is 48.3. The second-order valence-corrected chi connectivity index (χ2v) is 9.38. The summed E-state index contributed by atoms with van der Waals surface area (Å²) in [5.41, 5.74) is 12.1. The SMILES string of the molecule is CC(C)[C@H](N)C(=O)OCCNc1ccc2c(-c3ccc(F)cc3)nc(N(C(N)=O)c3c(F)cccc3F)cc2c1. The fraction of sp³-hybridized carbons (Fsp3) is 0.207. The van der Waals surface area contributed by atoms with Crippen molar-refractivity contribution >= 4 is 40.0 Å². The van der Waals surface area contributed by atoms with Crippen LogP contribution < -0.4 is 21.7 Å². The highest BCUT2D eigenvalue weighted by Crippen LogP contribution is 2.36.